The highest BCUT2D eigenvalue weighted by Crippen LogP contribution is 2.25. The normalized spacial score (nSPS) is 16.1. The lowest BCUT2D eigenvalue weighted by molar-refractivity contribution is -0.138. The molecule has 0 aliphatic carbocycles. The van der Waals surface area contributed by atoms with Gasteiger partial charge < -0.3 is 0 Å². The van der Waals surface area contributed by atoms with E-state index in [9.17, 15) is 17.6 Å². The molecule has 0 N–H and O–H groups in total. The predicted octanol–water partition coefficient (Wildman–Crippen LogP) is 2.67. The molecule has 0 aromatic heterocycles. The molecule has 0 rings (SSSR count). The maximum Gasteiger partial charge on any atom is 0.392 e. The summed E-state index contributed by atoms with van der Waals surface area (Å²) >= 11 is 1.08. The van der Waals surface area contributed by atoms with Gasteiger partial charge in [-0.25, -0.2) is 4.39 Å². The van der Waals surface area contributed by atoms with Gasteiger partial charge in [-0.15, -0.1) is 0 Å². The number of alkyl halides is 5. The summed E-state index contributed by atoms with van der Waals surface area (Å²) in [5.41, 5.74) is 0. The summed E-state index contributed by atoms with van der Waals surface area (Å²) in [7, 11) is 0. The quantitative estimate of drug-likeness (QED) is 0.376. The number of halogens is 5. The molecule has 0 spiro atoms. The van der Waals surface area contributed by atoms with Crippen molar-refractivity contribution in [2.45, 2.75) is 16.8 Å². The van der Waals surface area contributed by atoms with Crippen LogP contribution in [0.15, 0.2) is 0 Å². The van der Waals surface area contributed by atoms with Crippen LogP contribution >= 0.6 is 22.6 Å². The van der Waals surface area contributed by atoms with Crippen molar-refractivity contribution in [2.24, 2.45) is 0 Å². The first-order chi connectivity index (χ1) is 3.42. The zero-order valence-corrected chi connectivity index (χ0v) is 5.83. The second-order valence-corrected chi connectivity index (χ2v) is 2.56. The van der Waals surface area contributed by atoms with E-state index >= 15 is 0 Å². The molecule has 0 aromatic carbocycles. The van der Waals surface area contributed by atoms with Gasteiger partial charge in [0.1, 0.15) is 0 Å². The molecule has 1 atom stereocenters. The van der Waals surface area contributed by atoms with Crippen molar-refractivity contribution in [1.29, 1.82) is 0 Å². The Morgan fingerprint density at radius 2 is 1.75 bits per heavy atom. The monoisotopic (exact) mass is 242 g/mol. The summed E-state index contributed by atoms with van der Waals surface area (Å²) < 4.78 is 42.8. The van der Waals surface area contributed by atoms with Gasteiger partial charge in [0.15, 0.2) is 4.18 Å². The third-order valence-corrected chi connectivity index (χ3v) is 0.826. The summed E-state index contributed by atoms with van der Waals surface area (Å²) in [5, 5.41) is 0. The van der Waals surface area contributed by atoms with Gasteiger partial charge in [-0.05, 0) is 22.6 Å². The lowest BCUT2D eigenvalue weighted by Crippen LogP contribution is -2.11. The summed E-state index contributed by atoms with van der Waals surface area (Å²) in [6.45, 7) is 0. The topological polar surface area (TPSA) is 0 Å². The smallest absolute Gasteiger partial charge is 0.236 e. The van der Waals surface area contributed by atoms with E-state index in [0.717, 1.165) is 22.6 Å². The molecular formula is C3H3F4I. The van der Waals surface area contributed by atoms with Crippen molar-refractivity contribution in [3.8, 4) is 0 Å². The lowest BCUT2D eigenvalue weighted by atomic mass is 10.5. The fraction of sp³-hybridized carbons (Fsp3) is 1.00. The standard InChI is InChI=1S/C3H3F4I/c4-2(8)1-3(5,6)7/h2H,1H2. The maximum atomic E-state index is 11.5. The average Bonchev–Trinajstić information content (AvgIpc) is 1.21. The SMILES string of the molecule is FC(I)CC(F)(F)F. The van der Waals surface area contributed by atoms with Crippen LogP contribution in [-0.2, 0) is 0 Å². The predicted molar refractivity (Wildman–Crippen MR) is 29.6 cm³/mol. The van der Waals surface area contributed by atoms with Crippen LogP contribution in [0.25, 0.3) is 0 Å². The molecule has 0 aliphatic rings. The summed E-state index contributed by atoms with van der Waals surface area (Å²) in [5.74, 6) is 0. The Bertz CT molecular complexity index is 66.2. The molecule has 0 saturated carbocycles. The van der Waals surface area contributed by atoms with Crippen molar-refractivity contribution in [3.05, 3.63) is 0 Å². The molecule has 0 bridgehead atoms. The highest BCUT2D eigenvalue weighted by atomic mass is 127. The van der Waals surface area contributed by atoms with Crippen molar-refractivity contribution >= 4 is 22.6 Å². The van der Waals surface area contributed by atoms with Crippen LogP contribution in [0.2, 0.25) is 0 Å². The molecule has 0 heterocycles. The summed E-state index contributed by atoms with van der Waals surface area (Å²) in [6, 6.07) is 0. The van der Waals surface area contributed by atoms with Crippen molar-refractivity contribution in [2.75, 3.05) is 0 Å². The first kappa shape index (κ1) is 8.45. The zero-order valence-electron chi connectivity index (χ0n) is 3.67. The molecule has 1 unspecified atom stereocenters. The summed E-state index contributed by atoms with van der Waals surface area (Å²) in [4.78, 5) is 0. The molecule has 0 saturated heterocycles. The Labute approximate surface area is 57.4 Å². The Balaban J connectivity index is 3.39. The number of rotatable bonds is 1. The van der Waals surface area contributed by atoms with Gasteiger partial charge in [0, 0.05) is 0 Å². The Kier molecular flexibility index (Phi) is 3.00. The Morgan fingerprint density at radius 3 is 1.75 bits per heavy atom. The second kappa shape index (κ2) is 2.84. The fourth-order valence-electron chi connectivity index (χ4n) is 0.175. The number of hydrogen-bond donors (Lipinski definition) is 0. The lowest BCUT2D eigenvalue weighted by Gasteiger charge is -2.03. The van der Waals surface area contributed by atoms with Crippen LogP contribution in [0.3, 0.4) is 0 Å². The van der Waals surface area contributed by atoms with E-state index in [2.05, 4.69) is 0 Å². The Hall–Kier alpha value is 0.450. The van der Waals surface area contributed by atoms with Crippen LogP contribution in [0.1, 0.15) is 6.42 Å². The van der Waals surface area contributed by atoms with Crippen LogP contribution < -0.4 is 0 Å². The van der Waals surface area contributed by atoms with E-state index in [0.29, 0.717) is 0 Å². The molecule has 50 valence electrons. The first-order valence-corrected chi connectivity index (χ1v) is 3.01. The van der Waals surface area contributed by atoms with Crippen LogP contribution in [0.4, 0.5) is 17.6 Å². The van der Waals surface area contributed by atoms with Gasteiger partial charge >= 0.3 is 6.18 Å². The molecule has 0 radical (unpaired) electrons. The van der Waals surface area contributed by atoms with Crippen molar-refractivity contribution < 1.29 is 17.6 Å². The molecule has 5 heteroatoms. The zero-order chi connectivity index (χ0) is 6.78. The molecule has 0 aromatic rings. The van der Waals surface area contributed by atoms with E-state index in [4.69, 9.17) is 0 Å². The van der Waals surface area contributed by atoms with Gasteiger partial charge in [0.2, 0.25) is 0 Å². The van der Waals surface area contributed by atoms with E-state index in [1.165, 1.54) is 0 Å². The van der Waals surface area contributed by atoms with Crippen molar-refractivity contribution in [1.82, 2.24) is 0 Å². The fourth-order valence-corrected chi connectivity index (χ4v) is 0.674. The average molecular weight is 242 g/mol. The minimum atomic E-state index is -4.36. The maximum absolute atomic E-state index is 11.5. The van der Waals surface area contributed by atoms with Crippen LogP contribution in [-0.4, -0.2) is 10.4 Å². The van der Waals surface area contributed by atoms with Gasteiger partial charge in [-0.2, -0.15) is 13.2 Å². The van der Waals surface area contributed by atoms with E-state index < -0.39 is 16.8 Å². The van der Waals surface area contributed by atoms with E-state index in [-0.39, 0.29) is 0 Å². The minimum absolute atomic E-state index is 1.08. The Morgan fingerprint density at radius 1 is 1.38 bits per heavy atom. The largest absolute Gasteiger partial charge is 0.392 e. The molecule has 0 fully saturated rings. The van der Waals surface area contributed by atoms with Crippen LogP contribution in [0, 0.1) is 0 Å². The molecule has 8 heavy (non-hydrogen) atoms. The van der Waals surface area contributed by atoms with Gasteiger partial charge in [-0.3, -0.25) is 0 Å². The highest BCUT2D eigenvalue weighted by molar-refractivity contribution is 14.1. The van der Waals surface area contributed by atoms with Gasteiger partial charge in [0.05, 0.1) is 6.42 Å². The molecule has 0 nitrogen and oxygen atoms in total. The molecule has 0 aliphatic heterocycles. The summed E-state index contributed by atoms with van der Waals surface area (Å²) in [6.07, 6.45) is -5.71. The van der Waals surface area contributed by atoms with Gasteiger partial charge in [0.25, 0.3) is 0 Å². The molecule has 0 amide bonds. The first-order valence-electron chi connectivity index (χ1n) is 1.77. The second-order valence-electron chi connectivity index (χ2n) is 1.21. The van der Waals surface area contributed by atoms with Gasteiger partial charge in [-0.1, -0.05) is 0 Å². The van der Waals surface area contributed by atoms with Crippen molar-refractivity contribution in [3.63, 3.8) is 0 Å². The third-order valence-electron chi connectivity index (χ3n) is 0.386. The van der Waals surface area contributed by atoms with Crippen LogP contribution in [0.5, 0.6) is 0 Å². The van der Waals surface area contributed by atoms with E-state index in [1.807, 2.05) is 0 Å². The highest BCUT2D eigenvalue weighted by Gasteiger charge is 2.30. The minimum Gasteiger partial charge on any atom is -0.236 e. The van der Waals surface area contributed by atoms with E-state index in [1.54, 1.807) is 0 Å². The third kappa shape index (κ3) is 6.45. The number of hydrogen-bond acceptors (Lipinski definition) is 0. The molecular weight excluding hydrogens is 239 g/mol.